The van der Waals surface area contributed by atoms with Crippen LogP contribution in [-0.2, 0) is 13.0 Å². The summed E-state index contributed by atoms with van der Waals surface area (Å²) in [4.78, 5) is 18.5. The van der Waals surface area contributed by atoms with Gasteiger partial charge in [-0.1, -0.05) is 6.07 Å². The number of nitrogens with two attached hydrogens (primary N) is 1. The smallest absolute Gasteiger partial charge is 0.223 e. The number of fused-ring (bicyclic) bond motifs is 1. The summed E-state index contributed by atoms with van der Waals surface area (Å²) >= 11 is 0. The third kappa shape index (κ3) is 4.30. The van der Waals surface area contributed by atoms with Crippen LogP contribution in [-0.4, -0.2) is 67.7 Å². The molecule has 32 heavy (non-hydrogen) atoms. The molecule has 4 heterocycles. The molecule has 168 valence electrons. The Morgan fingerprint density at radius 3 is 2.31 bits per heavy atom. The maximum absolute atomic E-state index is 9.18. The zero-order valence-corrected chi connectivity index (χ0v) is 18.9. The Kier molecular flexibility index (Phi) is 5.75. The monoisotopic (exact) mass is 432 g/mol. The molecule has 0 amide bonds. The van der Waals surface area contributed by atoms with Crippen LogP contribution in [0.5, 0.6) is 0 Å². The topological polar surface area (TPSA) is 88.5 Å². The van der Waals surface area contributed by atoms with Crippen molar-refractivity contribution in [2.24, 2.45) is 5.92 Å². The molecule has 0 bridgehead atoms. The van der Waals surface area contributed by atoms with Crippen molar-refractivity contribution < 1.29 is 0 Å². The predicted octanol–water partition coefficient (Wildman–Crippen LogP) is 2.11. The molecular weight excluding hydrogens is 400 g/mol. The maximum Gasteiger partial charge on any atom is 0.223 e. The Bertz CT molecular complexity index is 1000. The van der Waals surface area contributed by atoms with Gasteiger partial charge in [0, 0.05) is 70.0 Å². The van der Waals surface area contributed by atoms with Gasteiger partial charge >= 0.3 is 0 Å². The molecule has 0 aliphatic carbocycles. The largest absolute Gasteiger partial charge is 0.371 e. The number of piperazine rings is 1. The molecule has 0 spiro atoms. The molecule has 3 aliphatic heterocycles. The number of nitriles is 1. The van der Waals surface area contributed by atoms with Gasteiger partial charge in [-0.2, -0.15) is 15.2 Å². The van der Waals surface area contributed by atoms with Crippen molar-refractivity contribution in [3.05, 3.63) is 35.4 Å². The summed E-state index contributed by atoms with van der Waals surface area (Å²) in [5.74, 6) is 2.39. The first kappa shape index (κ1) is 20.8. The molecule has 3 aliphatic rings. The summed E-state index contributed by atoms with van der Waals surface area (Å²) < 4.78 is 0. The Morgan fingerprint density at radius 2 is 1.59 bits per heavy atom. The summed E-state index contributed by atoms with van der Waals surface area (Å²) in [5, 5.41) is 9.18. The van der Waals surface area contributed by atoms with Crippen molar-refractivity contribution in [3.8, 4) is 6.07 Å². The summed E-state index contributed by atoms with van der Waals surface area (Å²) in [6, 6.07) is 11.4. The number of anilines is 4. The van der Waals surface area contributed by atoms with Crippen LogP contribution in [0, 0.1) is 17.2 Å². The van der Waals surface area contributed by atoms with Gasteiger partial charge in [-0.05, 0) is 49.6 Å². The highest BCUT2D eigenvalue weighted by Gasteiger charge is 2.24. The number of likely N-dealkylation sites (N-methyl/N-ethyl adjacent to an activating group) is 1. The molecule has 1 aromatic carbocycles. The van der Waals surface area contributed by atoms with E-state index in [1.54, 1.807) is 0 Å². The zero-order valence-electron chi connectivity index (χ0n) is 18.9. The molecule has 2 N–H and O–H groups in total. The average Bonchev–Trinajstić information content (AvgIpc) is 2.83. The molecule has 2 saturated heterocycles. The van der Waals surface area contributed by atoms with Crippen LogP contribution >= 0.6 is 0 Å². The fraction of sp³-hybridized carbons (Fsp3) is 0.542. The van der Waals surface area contributed by atoms with Crippen molar-refractivity contribution in [2.75, 3.05) is 73.3 Å². The number of aromatic nitrogens is 2. The highest BCUT2D eigenvalue weighted by Crippen LogP contribution is 2.30. The van der Waals surface area contributed by atoms with E-state index in [1.807, 2.05) is 0 Å². The minimum Gasteiger partial charge on any atom is -0.371 e. The second-order valence-corrected chi connectivity index (χ2v) is 9.25. The van der Waals surface area contributed by atoms with Gasteiger partial charge in [0.05, 0.1) is 6.07 Å². The minimum absolute atomic E-state index is 0.206. The lowest BCUT2D eigenvalue weighted by Gasteiger charge is -2.35. The summed E-state index contributed by atoms with van der Waals surface area (Å²) in [5.41, 5.74) is 10.2. The number of nitrogen functional groups attached to an aromatic ring is 1. The maximum atomic E-state index is 9.18. The van der Waals surface area contributed by atoms with Gasteiger partial charge in [0.15, 0.2) is 0 Å². The number of rotatable bonds is 3. The minimum atomic E-state index is 0.206. The fourth-order valence-electron chi connectivity index (χ4n) is 5.00. The third-order valence-corrected chi connectivity index (χ3v) is 7.11. The zero-order chi connectivity index (χ0) is 22.1. The highest BCUT2D eigenvalue weighted by atomic mass is 15.3. The van der Waals surface area contributed by atoms with Crippen molar-refractivity contribution >= 4 is 23.3 Å². The van der Waals surface area contributed by atoms with E-state index >= 15 is 0 Å². The Hall–Kier alpha value is -3.05. The van der Waals surface area contributed by atoms with Crippen LogP contribution in [0.15, 0.2) is 24.3 Å². The Balaban J connectivity index is 1.33. The lowest BCUT2D eigenvalue weighted by molar-refractivity contribution is 0.312. The molecular formula is C24H32N8. The van der Waals surface area contributed by atoms with Crippen molar-refractivity contribution in [2.45, 2.75) is 25.8 Å². The first-order valence-corrected chi connectivity index (χ1v) is 11.7. The van der Waals surface area contributed by atoms with Gasteiger partial charge in [0.2, 0.25) is 5.95 Å². The van der Waals surface area contributed by atoms with Crippen molar-refractivity contribution in [3.63, 3.8) is 0 Å². The van der Waals surface area contributed by atoms with Gasteiger partial charge < -0.3 is 25.3 Å². The third-order valence-electron chi connectivity index (χ3n) is 7.11. The summed E-state index contributed by atoms with van der Waals surface area (Å²) in [7, 11) is 2.16. The molecule has 0 radical (unpaired) electrons. The van der Waals surface area contributed by atoms with Gasteiger partial charge in [0.25, 0.3) is 0 Å². The Morgan fingerprint density at radius 1 is 0.875 bits per heavy atom. The molecule has 2 aromatic rings. The van der Waals surface area contributed by atoms with Gasteiger partial charge in [-0.25, -0.2) is 0 Å². The van der Waals surface area contributed by atoms with Crippen molar-refractivity contribution in [1.29, 1.82) is 5.26 Å². The number of benzene rings is 1. The van der Waals surface area contributed by atoms with E-state index in [-0.39, 0.29) is 5.92 Å². The molecule has 5 rings (SSSR count). The lowest BCUT2D eigenvalue weighted by Crippen LogP contribution is -2.45. The van der Waals surface area contributed by atoms with E-state index in [9.17, 15) is 5.26 Å². The molecule has 0 unspecified atom stereocenters. The summed E-state index contributed by atoms with van der Waals surface area (Å²) in [6.07, 6.45) is 2.91. The van der Waals surface area contributed by atoms with Crippen LogP contribution in [0.4, 0.5) is 23.3 Å². The standard InChI is InChI=1S/C24H32N8/c1-29-10-12-31(13-11-29)22-15-23(28-24(26)27-22)32-9-6-19-2-3-21(14-20(19)17-32)30-7-4-18(16-25)5-8-30/h2-3,14-15,18H,4-13,17H2,1H3,(H2,26,27,28). The molecule has 8 nitrogen and oxygen atoms in total. The average molecular weight is 433 g/mol. The molecule has 1 aromatic heterocycles. The first-order valence-electron chi connectivity index (χ1n) is 11.7. The number of piperidine rings is 1. The number of hydrogen-bond donors (Lipinski definition) is 1. The van der Waals surface area contributed by atoms with E-state index in [0.29, 0.717) is 5.95 Å². The van der Waals surface area contributed by atoms with E-state index < -0.39 is 0 Å². The normalized spacial score (nSPS) is 20.2. The molecule has 0 atom stereocenters. The molecule has 2 fully saturated rings. The second-order valence-electron chi connectivity index (χ2n) is 9.25. The van der Waals surface area contributed by atoms with Crippen LogP contribution in [0.1, 0.15) is 24.0 Å². The van der Waals surface area contributed by atoms with Crippen LogP contribution in [0.25, 0.3) is 0 Å². The first-order chi connectivity index (χ1) is 15.6. The lowest BCUT2D eigenvalue weighted by atomic mass is 9.96. The van der Waals surface area contributed by atoms with E-state index in [4.69, 9.17) is 5.73 Å². The molecule has 0 saturated carbocycles. The van der Waals surface area contributed by atoms with Gasteiger partial charge in [-0.15, -0.1) is 0 Å². The number of nitrogens with zero attached hydrogens (tertiary/aromatic N) is 7. The van der Waals surface area contributed by atoms with Crippen molar-refractivity contribution in [1.82, 2.24) is 14.9 Å². The van der Waals surface area contributed by atoms with E-state index in [1.165, 1.54) is 16.8 Å². The van der Waals surface area contributed by atoms with Crippen LogP contribution in [0.3, 0.4) is 0 Å². The molecule has 8 heteroatoms. The van der Waals surface area contributed by atoms with E-state index in [0.717, 1.165) is 83.3 Å². The van der Waals surface area contributed by atoms with Gasteiger partial charge in [-0.3, -0.25) is 0 Å². The predicted molar refractivity (Wildman–Crippen MR) is 128 cm³/mol. The van der Waals surface area contributed by atoms with Crippen LogP contribution < -0.4 is 20.4 Å². The fourth-order valence-corrected chi connectivity index (χ4v) is 5.00. The number of hydrogen-bond acceptors (Lipinski definition) is 8. The quantitative estimate of drug-likeness (QED) is 0.789. The second kappa shape index (κ2) is 8.83. The van der Waals surface area contributed by atoms with Crippen LogP contribution in [0.2, 0.25) is 0 Å². The van der Waals surface area contributed by atoms with Gasteiger partial charge in [0.1, 0.15) is 11.6 Å². The summed E-state index contributed by atoms with van der Waals surface area (Å²) in [6.45, 7) is 7.65. The Labute approximate surface area is 190 Å². The van der Waals surface area contributed by atoms with E-state index in [2.05, 4.69) is 66.9 Å². The highest BCUT2D eigenvalue weighted by molar-refractivity contribution is 5.58. The SMILES string of the molecule is CN1CCN(c2cc(N3CCc4ccc(N5CCC(C#N)CC5)cc4C3)nc(N)n2)CC1.